The monoisotopic (exact) mass is 488 g/mol. The molecule has 0 spiro atoms. The summed E-state index contributed by atoms with van der Waals surface area (Å²) < 4.78 is 6.55. The molecule has 0 bridgehead atoms. The van der Waals surface area contributed by atoms with Crippen molar-refractivity contribution < 1.29 is 14.3 Å². The van der Waals surface area contributed by atoms with Gasteiger partial charge in [-0.05, 0) is 67.4 Å². The van der Waals surface area contributed by atoms with Gasteiger partial charge in [0.05, 0.1) is 28.8 Å². The highest BCUT2D eigenvalue weighted by Crippen LogP contribution is 2.21. The molecular formula is C26H24N4O4S. The molecule has 2 aromatic heterocycles. The summed E-state index contributed by atoms with van der Waals surface area (Å²) in [5, 5.41) is 3.64. The lowest BCUT2D eigenvalue weighted by Crippen LogP contribution is -2.23. The van der Waals surface area contributed by atoms with Gasteiger partial charge in [0.15, 0.2) is 5.16 Å². The predicted octanol–water partition coefficient (Wildman–Crippen LogP) is 4.39. The van der Waals surface area contributed by atoms with Crippen LogP contribution in [0.1, 0.15) is 29.3 Å². The molecule has 0 saturated heterocycles. The van der Waals surface area contributed by atoms with Gasteiger partial charge in [0.25, 0.3) is 5.56 Å². The predicted molar refractivity (Wildman–Crippen MR) is 136 cm³/mol. The summed E-state index contributed by atoms with van der Waals surface area (Å²) in [5.74, 6) is -0.203. The molecular weight excluding hydrogens is 464 g/mol. The van der Waals surface area contributed by atoms with Gasteiger partial charge >= 0.3 is 5.97 Å². The summed E-state index contributed by atoms with van der Waals surface area (Å²) in [6, 6.07) is 17.2. The maximum atomic E-state index is 13.3. The van der Waals surface area contributed by atoms with E-state index in [-0.39, 0.29) is 17.2 Å². The molecule has 0 aliphatic rings. The SMILES string of the molecule is CCCOC(=O)c1ccc(NC(=O)CSc2nc3ccccc3c(=O)n2-c2cc(C)ccn2)cc1. The number of benzene rings is 2. The van der Waals surface area contributed by atoms with Gasteiger partial charge in [-0.2, -0.15) is 0 Å². The van der Waals surface area contributed by atoms with Gasteiger partial charge in [-0.15, -0.1) is 0 Å². The van der Waals surface area contributed by atoms with Crippen molar-refractivity contribution in [1.29, 1.82) is 0 Å². The third-order valence-corrected chi connectivity index (χ3v) is 5.99. The van der Waals surface area contributed by atoms with E-state index >= 15 is 0 Å². The molecule has 0 fully saturated rings. The van der Waals surface area contributed by atoms with Gasteiger partial charge in [0.2, 0.25) is 5.91 Å². The van der Waals surface area contributed by atoms with Gasteiger partial charge in [-0.25, -0.2) is 19.3 Å². The zero-order chi connectivity index (χ0) is 24.8. The first-order valence-electron chi connectivity index (χ1n) is 11.1. The number of hydrogen-bond donors (Lipinski definition) is 1. The van der Waals surface area contributed by atoms with Gasteiger partial charge in [0, 0.05) is 11.9 Å². The lowest BCUT2D eigenvalue weighted by Gasteiger charge is -2.13. The highest BCUT2D eigenvalue weighted by molar-refractivity contribution is 7.99. The molecule has 4 aromatic rings. The fourth-order valence-electron chi connectivity index (χ4n) is 3.35. The molecule has 0 radical (unpaired) electrons. The highest BCUT2D eigenvalue weighted by Gasteiger charge is 2.16. The van der Waals surface area contributed by atoms with E-state index in [1.807, 2.05) is 26.0 Å². The van der Waals surface area contributed by atoms with Crippen LogP contribution in [0.4, 0.5) is 5.69 Å². The summed E-state index contributed by atoms with van der Waals surface area (Å²) in [4.78, 5) is 46.8. The van der Waals surface area contributed by atoms with Crippen molar-refractivity contribution in [1.82, 2.24) is 14.5 Å². The number of nitrogens with zero attached hydrogens (tertiary/aromatic N) is 3. The molecule has 1 amide bonds. The van der Waals surface area contributed by atoms with Crippen molar-refractivity contribution >= 4 is 40.2 Å². The lowest BCUT2D eigenvalue weighted by atomic mass is 10.2. The fraction of sp³-hybridized carbons (Fsp3) is 0.192. The molecule has 9 heteroatoms. The number of amides is 1. The summed E-state index contributed by atoms with van der Waals surface area (Å²) in [5.41, 5.74) is 2.22. The largest absolute Gasteiger partial charge is 0.462 e. The van der Waals surface area contributed by atoms with Crippen molar-refractivity contribution in [3.63, 3.8) is 0 Å². The number of aromatic nitrogens is 3. The maximum absolute atomic E-state index is 13.3. The molecule has 0 atom stereocenters. The molecule has 8 nitrogen and oxygen atoms in total. The van der Waals surface area contributed by atoms with Crippen molar-refractivity contribution in [2.24, 2.45) is 0 Å². The Labute approximate surface area is 206 Å². The zero-order valence-electron chi connectivity index (χ0n) is 19.4. The number of ether oxygens (including phenoxy) is 1. The maximum Gasteiger partial charge on any atom is 0.338 e. The van der Waals surface area contributed by atoms with Crippen LogP contribution in [0.5, 0.6) is 0 Å². The number of anilines is 1. The van der Waals surface area contributed by atoms with Crippen LogP contribution in [0.2, 0.25) is 0 Å². The number of carbonyl (C=O) groups is 2. The molecule has 35 heavy (non-hydrogen) atoms. The highest BCUT2D eigenvalue weighted by atomic mass is 32.2. The van der Waals surface area contributed by atoms with Crippen molar-refractivity contribution in [2.45, 2.75) is 25.4 Å². The Balaban J connectivity index is 1.53. The van der Waals surface area contributed by atoms with Gasteiger partial charge in [0.1, 0.15) is 5.82 Å². The van der Waals surface area contributed by atoms with Crippen LogP contribution in [0.3, 0.4) is 0 Å². The molecule has 1 N–H and O–H groups in total. The molecule has 4 rings (SSSR count). The zero-order valence-corrected chi connectivity index (χ0v) is 20.2. The Morgan fingerprint density at radius 2 is 1.86 bits per heavy atom. The fourth-order valence-corrected chi connectivity index (χ4v) is 4.15. The molecule has 0 aliphatic carbocycles. The minimum atomic E-state index is -0.398. The third kappa shape index (κ3) is 5.75. The number of rotatable bonds is 8. The molecule has 178 valence electrons. The van der Waals surface area contributed by atoms with Crippen LogP contribution in [-0.2, 0) is 9.53 Å². The second kappa shape index (κ2) is 11.0. The van der Waals surface area contributed by atoms with Crippen LogP contribution >= 0.6 is 11.8 Å². The van der Waals surface area contributed by atoms with Crippen molar-refractivity contribution in [2.75, 3.05) is 17.7 Å². The van der Waals surface area contributed by atoms with Crippen LogP contribution in [0.15, 0.2) is 76.8 Å². The number of hydrogen-bond acceptors (Lipinski definition) is 7. The summed E-state index contributed by atoms with van der Waals surface area (Å²) in [6.07, 6.45) is 2.38. The Morgan fingerprint density at radius 1 is 1.09 bits per heavy atom. The van der Waals surface area contributed by atoms with Crippen molar-refractivity contribution in [3.8, 4) is 5.82 Å². The number of fused-ring (bicyclic) bond motifs is 1. The second-order valence-corrected chi connectivity index (χ2v) is 8.74. The number of aryl methyl sites for hydroxylation is 1. The first-order chi connectivity index (χ1) is 17.0. The number of para-hydroxylation sites is 1. The number of thioether (sulfide) groups is 1. The summed E-state index contributed by atoms with van der Waals surface area (Å²) >= 11 is 1.15. The number of esters is 1. The molecule has 2 heterocycles. The van der Waals surface area contributed by atoms with E-state index in [1.165, 1.54) is 4.57 Å². The topological polar surface area (TPSA) is 103 Å². The standard InChI is InChI=1S/C26H24N4O4S/c1-3-14-34-25(33)18-8-10-19(11-9-18)28-23(31)16-35-26-29-21-7-5-4-6-20(21)24(32)30(26)22-15-17(2)12-13-27-22/h4-13,15H,3,14,16H2,1-2H3,(H,28,31). The van der Waals surface area contributed by atoms with E-state index in [9.17, 15) is 14.4 Å². The smallest absolute Gasteiger partial charge is 0.338 e. The first-order valence-corrected chi connectivity index (χ1v) is 12.1. The normalized spacial score (nSPS) is 10.8. The summed E-state index contributed by atoms with van der Waals surface area (Å²) in [7, 11) is 0. The number of nitrogens with one attached hydrogen (secondary N) is 1. The quantitative estimate of drug-likeness (QED) is 0.223. The molecule has 0 saturated carbocycles. The van der Waals surface area contributed by atoms with Gasteiger partial charge in [-0.3, -0.25) is 9.59 Å². The average Bonchev–Trinajstić information content (AvgIpc) is 2.86. The van der Waals surface area contributed by atoms with E-state index in [2.05, 4.69) is 15.3 Å². The Bertz CT molecular complexity index is 1430. The number of pyridine rings is 1. The van der Waals surface area contributed by atoms with Crippen LogP contribution < -0.4 is 10.9 Å². The second-order valence-electron chi connectivity index (χ2n) is 7.79. The lowest BCUT2D eigenvalue weighted by molar-refractivity contribution is -0.113. The first kappa shape index (κ1) is 24.2. The van der Waals surface area contributed by atoms with Crippen LogP contribution in [-0.4, -0.2) is 38.8 Å². The Morgan fingerprint density at radius 3 is 2.60 bits per heavy atom. The van der Waals surface area contributed by atoms with E-state index in [0.717, 1.165) is 23.7 Å². The van der Waals surface area contributed by atoms with E-state index in [1.54, 1.807) is 54.7 Å². The minimum Gasteiger partial charge on any atom is -0.462 e. The van der Waals surface area contributed by atoms with E-state index < -0.39 is 5.97 Å². The van der Waals surface area contributed by atoms with Crippen LogP contribution in [0.25, 0.3) is 16.7 Å². The molecule has 0 unspecified atom stereocenters. The average molecular weight is 489 g/mol. The Kier molecular flexibility index (Phi) is 7.57. The van der Waals surface area contributed by atoms with Crippen molar-refractivity contribution in [3.05, 3.63) is 88.3 Å². The van der Waals surface area contributed by atoms with E-state index in [0.29, 0.717) is 39.7 Å². The third-order valence-electron chi connectivity index (χ3n) is 5.05. The Hall–Kier alpha value is -3.98. The van der Waals surface area contributed by atoms with E-state index in [4.69, 9.17) is 4.74 Å². The number of carbonyl (C=O) groups excluding carboxylic acids is 2. The van der Waals surface area contributed by atoms with Gasteiger partial charge < -0.3 is 10.1 Å². The molecule has 2 aromatic carbocycles. The van der Waals surface area contributed by atoms with Crippen LogP contribution in [0, 0.1) is 6.92 Å². The molecule has 0 aliphatic heterocycles. The minimum absolute atomic E-state index is 0.0247. The van der Waals surface area contributed by atoms with Gasteiger partial charge in [-0.1, -0.05) is 30.8 Å². The summed E-state index contributed by atoms with van der Waals surface area (Å²) in [6.45, 7) is 4.20.